The Morgan fingerprint density at radius 3 is 2.47 bits per heavy atom. The Hall–Kier alpha value is -2.15. The predicted octanol–water partition coefficient (Wildman–Crippen LogP) is 1.76. The number of non-ortho nitro benzene ring substituents is 1. The number of rotatable bonds is 5. The van der Waals surface area contributed by atoms with Crippen molar-refractivity contribution in [3.8, 4) is 5.75 Å². The minimum atomic E-state index is -0.879. The average Bonchev–Trinajstić information content (AvgIpc) is 2.30. The Labute approximate surface area is 97.0 Å². The standard InChI is InChI=1S/C10H11NO6/c1-15-6-7-16-10(12)17-9-4-2-8(3-5-9)11(13)14/h2-5H,6-7H2,1H3. The first-order chi connectivity index (χ1) is 8.13. The van der Waals surface area contributed by atoms with E-state index in [1.165, 1.54) is 31.4 Å². The summed E-state index contributed by atoms with van der Waals surface area (Å²) in [4.78, 5) is 20.9. The number of hydrogen-bond acceptors (Lipinski definition) is 6. The van der Waals surface area contributed by atoms with Crippen molar-refractivity contribution in [2.45, 2.75) is 0 Å². The zero-order valence-corrected chi connectivity index (χ0v) is 9.12. The highest BCUT2D eigenvalue weighted by atomic mass is 16.7. The number of nitro benzene ring substituents is 1. The van der Waals surface area contributed by atoms with Crippen LogP contribution in [0.2, 0.25) is 0 Å². The van der Waals surface area contributed by atoms with Crippen LogP contribution in [-0.4, -0.2) is 31.4 Å². The lowest BCUT2D eigenvalue weighted by Gasteiger charge is -2.04. The minimum absolute atomic E-state index is 0.0786. The molecule has 7 heteroatoms. The number of benzene rings is 1. The molecular weight excluding hydrogens is 230 g/mol. The van der Waals surface area contributed by atoms with E-state index in [1.807, 2.05) is 0 Å². The number of carbonyl (C=O) groups excluding carboxylic acids is 1. The van der Waals surface area contributed by atoms with Crippen LogP contribution < -0.4 is 4.74 Å². The number of ether oxygens (including phenoxy) is 3. The average molecular weight is 241 g/mol. The van der Waals surface area contributed by atoms with Gasteiger partial charge < -0.3 is 14.2 Å². The van der Waals surface area contributed by atoms with E-state index in [-0.39, 0.29) is 24.7 Å². The summed E-state index contributed by atoms with van der Waals surface area (Å²) in [6.45, 7) is 0.359. The van der Waals surface area contributed by atoms with Gasteiger partial charge in [-0.3, -0.25) is 10.1 Å². The van der Waals surface area contributed by atoms with Gasteiger partial charge >= 0.3 is 6.16 Å². The molecule has 0 aromatic heterocycles. The fourth-order valence-electron chi connectivity index (χ4n) is 0.970. The SMILES string of the molecule is COCCOC(=O)Oc1ccc([N+](=O)[O-])cc1. The van der Waals surface area contributed by atoms with Gasteiger partial charge in [-0.15, -0.1) is 0 Å². The van der Waals surface area contributed by atoms with E-state index in [4.69, 9.17) is 4.74 Å². The summed E-state index contributed by atoms with van der Waals surface area (Å²) >= 11 is 0. The lowest BCUT2D eigenvalue weighted by molar-refractivity contribution is -0.384. The first-order valence-corrected chi connectivity index (χ1v) is 4.71. The molecule has 0 saturated heterocycles. The Morgan fingerprint density at radius 2 is 1.94 bits per heavy atom. The molecule has 1 aromatic carbocycles. The number of nitrogens with zero attached hydrogens (tertiary/aromatic N) is 1. The molecule has 7 nitrogen and oxygen atoms in total. The van der Waals surface area contributed by atoms with Gasteiger partial charge in [-0.2, -0.15) is 0 Å². The highest BCUT2D eigenvalue weighted by molar-refractivity contribution is 5.63. The molecule has 17 heavy (non-hydrogen) atoms. The van der Waals surface area contributed by atoms with Crippen LogP contribution in [0.4, 0.5) is 10.5 Å². The molecule has 0 aliphatic carbocycles. The largest absolute Gasteiger partial charge is 0.513 e. The summed E-state index contributed by atoms with van der Waals surface area (Å²) in [5.74, 6) is 0.179. The third kappa shape index (κ3) is 4.47. The normalized spacial score (nSPS) is 9.71. The highest BCUT2D eigenvalue weighted by Crippen LogP contribution is 2.17. The molecular formula is C10H11NO6. The van der Waals surface area contributed by atoms with Crippen LogP contribution in [0, 0.1) is 10.1 Å². The third-order valence-corrected chi connectivity index (χ3v) is 1.76. The van der Waals surface area contributed by atoms with Crippen molar-refractivity contribution in [2.75, 3.05) is 20.3 Å². The van der Waals surface area contributed by atoms with Gasteiger partial charge in [0.05, 0.1) is 11.5 Å². The summed E-state index contributed by atoms with van der Waals surface area (Å²) in [5.41, 5.74) is -0.0786. The second-order valence-corrected chi connectivity index (χ2v) is 2.94. The van der Waals surface area contributed by atoms with Gasteiger partial charge in [0, 0.05) is 19.2 Å². The zero-order chi connectivity index (χ0) is 12.7. The van der Waals surface area contributed by atoms with Crippen molar-refractivity contribution in [2.24, 2.45) is 0 Å². The first kappa shape index (κ1) is 12.9. The Bertz CT molecular complexity index is 388. The van der Waals surface area contributed by atoms with Crippen LogP contribution >= 0.6 is 0 Å². The Morgan fingerprint density at radius 1 is 1.29 bits per heavy atom. The molecule has 0 amide bonds. The van der Waals surface area contributed by atoms with Gasteiger partial charge in [0.1, 0.15) is 12.4 Å². The predicted molar refractivity (Wildman–Crippen MR) is 56.9 cm³/mol. The Kier molecular flexibility index (Phi) is 4.89. The van der Waals surface area contributed by atoms with Crippen LogP contribution in [0.3, 0.4) is 0 Å². The lowest BCUT2D eigenvalue weighted by Crippen LogP contribution is -2.13. The maximum Gasteiger partial charge on any atom is 0.513 e. The summed E-state index contributed by atoms with van der Waals surface area (Å²) in [6.07, 6.45) is -0.879. The molecule has 0 aliphatic heterocycles. The highest BCUT2D eigenvalue weighted by Gasteiger charge is 2.08. The van der Waals surface area contributed by atoms with E-state index in [1.54, 1.807) is 0 Å². The van der Waals surface area contributed by atoms with Crippen molar-refractivity contribution in [3.05, 3.63) is 34.4 Å². The number of carbonyl (C=O) groups is 1. The fourth-order valence-corrected chi connectivity index (χ4v) is 0.970. The van der Waals surface area contributed by atoms with Crippen LogP contribution in [0.5, 0.6) is 5.75 Å². The number of methoxy groups -OCH3 is 1. The Balaban J connectivity index is 2.46. The number of hydrogen-bond donors (Lipinski definition) is 0. The maximum absolute atomic E-state index is 11.1. The van der Waals surface area contributed by atoms with Gasteiger partial charge in [0.15, 0.2) is 0 Å². The third-order valence-electron chi connectivity index (χ3n) is 1.76. The van der Waals surface area contributed by atoms with E-state index < -0.39 is 11.1 Å². The molecule has 0 spiro atoms. The van der Waals surface area contributed by atoms with E-state index >= 15 is 0 Å². The lowest BCUT2D eigenvalue weighted by atomic mass is 10.3. The van der Waals surface area contributed by atoms with Crippen LogP contribution in [0.1, 0.15) is 0 Å². The minimum Gasteiger partial charge on any atom is -0.432 e. The second kappa shape index (κ2) is 6.44. The molecule has 92 valence electrons. The molecule has 0 N–H and O–H groups in total. The fraction of sp³-hybridized carbons (Fsp3) is 0.300. The molecule has 1 aromatic rings. The van der Waals surface area contributed by atoms with Crippen molar-refractivity contribution in [3.63, 3.8) is 0 Å². The van der Waals surface area contributed by atoms with Crippen molar-refractivity contribution < 1.29 is 23.9 Å². The molecule has 0 fully saturated rings. The van der Waals surface area contributed by atoms with Crippen LogP contribution in [0.25, 0.3) is 0 Å². The summed E-state index contributed by atoms with van der Waals surface area (Å²) in [6, 6.07) is 5.10. The van der Waals surface area contributed by atoms with Gasteiger partial charge in [-0.25, -0.2) is 4.79 Å². The first-order valence-electron chi connectivity index (χ1n) is 4.71. The molecule has 0 unspecified atom stereocenters. The van der Waals surface area contributed by atoms with Crippen LogP contribution in [0.15, 0.2) is 24.3 Å². The zero-order valence-electron chi connectivity index (χ0n) is 9.12. The van der Waals surface area contributed by atoms with Gasteiger partial charge in [0.2, 0.25) is 0 Å². The summed E-state index contributed by atoms with van der Waals surface area (Å²) < 4.78 is 14.1. The summed E-state index contributed by atoms with van der Waals surface area (Å²) in [5, 5.41) is 10.4. The van der Waals surface area contributed by atoms with Gasteiger partial charge in [-0.1, -0.05) is 0 Å². The van der Waals surface area contributed by atoms with Gasteiger partial charge in [-0.05, 0) is 12.1 Å². The molecule has 0 aliphatic rings. The number of nitro groups is 1. The molecule has 0 radical (unpaired) electrons. The monoisotopic (exact) mass is 241 g/mol. The van der Waals surface area contributed by atoms with Crippen molar-refractivity contribution in [1.29, 1.82) is 0 Å². The molecule has 0 saturated carbocycles. The molecule has 0 heterocycles. The van der Waals surface area contributed by atoms with E-state index in [2.05, 4.69) is 9.47 Å². The van der Waals surface area contributed by atoms with E-state index in [9.17, 15) is 14.9 Å². The topological polar surface area (TPSA) is 87.9 Å². The van der Waals surface area contributed by atoms with E-state index in [0.717, 1.165) is 0 Å². The smallest absolute Gasteiger partial charge is 0.432 e. The molecule has 0 bridgehead atoms. The quantitative estimate of drug-likeness (QED) is 0.256. The second-order valence-electron chi connectivity index (χ2n) is 2.94. The van der Waals surface area contributed by atoms with Crippen molar-refractivity contribution >= 4 is 11.8 Å². The van der Waals surface area contributed by atoms with Gasteiger partial charge in [0.25, 0.3) is 5.69 Å². The van der Waals surface area contributed by atoms with E-state index in [0.29, 0.717) is 0 Å². The maximum atomic E-state index is 11.1. The molecule has 1 rings (SSSR count). The van der Waals surface area contributed by atoms with Crippen molar-refractivity contribution in [1.82, 2.24) is 0 Å². The summed E-state index contributed by atoms with van der Waals surface area (Å²) in [7, 11) is 1.48. The van der Waals surface area contributed by atoms with Crippen LogP contribution in [-0.2, 0) is 9.47 Å². The molecule has 0 atom stereocenters.